The zero-order valence-electron chi connectivity index (χ0n) is 16.6. The zero-order valence-corrected chi connectivity index (χ0v) is 16.6. The fourth-order valence-corrected chi connectivity index (χ4v) is 3.47. The molecule has 0 aliphatic carbocycles. The van der Waals surface area contributed by atoms with Gasteiger partial charge < -0.3 is 5.11 Å². The molecule has 1 fully saturated rings. The average Bonchev–Trinajstić information content (AvgIpc) is 2.75. The van der Waals surface area contributed by atoms with E-state index in [2.05, 4.69) is 39.1 Å². The van der Waals surface area contributed by atoms with Crippen molar-refractivity contribution in [1.29, 1.82) is 0 Å². The summed E-state index contributed by atoms with van der Waals surface area (Å²) in [5.74, 6) is 0.633. The number of hydrogen-bond acceptors (Lipinski definition) is 5. The van der Waals surface area contributed by atoms with E-state index in [1.165, 1.54) is 5.39 Å². The number of carboxylic acids is 1. The molecule has 3 heterocycles. The van der Waals surface area contributed by atoms with E-state index < -0.39 is 5.97 Å². The molecule has 7 heteroatoms. The van der Waals surface area contributed by atoms with Crippen LogP contribution < -0.4 is 9.27 Å². The van der Waals surface area contributed by atoms with Crippen LogP contribution in [0.3, 0.4) is 0 Å². The summed E-state index contributed by atoms with van der Waals surface area (Å²) in [4.78, 5) is 26.0. The third-order valence-corrected chi connectivity index (χ3v) is 5.12. The van der Waals surface area contributed by atoms with Crippen molar-refractivity contribution in [2.45, 2.75) is 5.92 Å². The summed E-state index contributed by atoms with van der Waals surface area (Å²) in [6.45, 7) is 1.93. The number of anilines is 1. The van der Waals surface area contributed by atoms with Crippen molar-refractivity contribution in [2.24, 2.45) is 0 Å². The SMILES string of the molecule is O=C(O)c1ccccc1.[Li][c]1nccnc1C1CN(c2ccc3ccccc3n2)C1. The van der Waals surface area contributed by atoms with E-state index in [-0.39, 0.29) is 0 Å². The molecule has 2 aromatic carbocycles. The van der Waals surface area contributed by atoms with E-state index in [1.54, 1.807) is 42.7 Å². The Morgan fingerprint density at radius 1 is 0.933 bits per heavy atom. The van der Waals surface area contributed by atoms with E-state index in [4.69, 9.17) is 10.1 Å². The third kappa shape index (κ3) is 4.51. The Kier molecular flexibility index (Phi) is 6.08. The van der Waals surface area contributed by atoms with Crippen LogP contribution in [0.25, 0.3) is 10.9 Å². The van der Waals surface area contributed by atoms with Gasteiger partial charge in [0.2, 0.25) is 0 Å². The summed E-state index contributed by atoms with van der Waals surface area (Å²) in [6.07, 6.45) is 3.53. The van der Waals surface area contributed by atoms with Gasteiger partial charge in [-0.25, -0.2) is 4.79 Å². The topological polar surface area (TPSA) is 79.2 Å². The Morgan fingerprint density at radius 2 is 1.63 bits per heavy atom. The predicted octanol–water partition coefficient (Wildman–Crippen LogP) is 2.81. The van der Waals surface area contributed by atoms with E-state index in [1.807, 2.05) is 29.8 Å². The van der Waals surface area contributed by atoms with Gasteiger partial charge in [-0.1, -0.05) is 18.2 Å². The number of pyridine rings is 1. The Balaban J connectivity index is 0.000000204. The minimum absolute atomic E-state index is 0.331. The van der Waals surface area contributed by atoms with Crippen molar-refractivity contribution in [3.8, 4) is 0 Å². The predicted molar refractivity (Wildman–Crippen MR) is 118 cm³/mol. The quantitative estimate of drug-likeness (QED) is 0.542. The first kappa shape index (κ1) is 20.1. The molecule has 0 spiro atoms. The van der Waals surface area contributed by atoms with Gasteiger partial charge in [0.1, 0.15) is 0 Å². The van der Waals surface area contributed by atoms with Crippen molar-refractivity contribution < 1.29 is 9.90 Å². The molecule has 6 nitrogen and oxygen atoms in total. The number of nitrogens with zero attached hydrogens (tertiary/aromatic N) is 4. The fraction of sp³-hybridized carbons (Fsp3) is 0.130. The molecule has 30 heavy (non-hydrogen) atoms. The molecule has 0 unspecified atom stereocenters. The van der Waals surface area contributed by atoms with Gasteiger partial charge in [0, 0.05) is 0 Å². The van der Waals surface area contributed by atoms with Crippen LogP contribution in [-0.2, 0) is 0 Å². The molecule has 1 aliphatic heterocycles. The van der Waals surface area contributed by atoms with Gasteiger partial charge in [-0.05, 0) is 12.1 Å². The van der Waals surface area contributed by atoms with Crippen molar-refractivity contribution in [3.63, 3.8) is 0 Å². The molecule has 0 bridgehead atoms. The standard InChI is InChI=1S/C16H13N4.C7H6O2.Li/c1-2-4-14-12(3-1)5-6-16(19-14)20-10-13(11-20)15-9-17-7-8-18-15;8-7(9)6-4-2-1-3-5-6;/h1-8,13H,10-11H2;1-5H,(H,8,9);. The Labute approximate surface area is 183 Å². The first-order valence-electron chi connectivity index (χ1n) is 9.78. The summed E-state index contributed by atoms with van der Waals surface area (Å²) in [5, 5.41) is 9.57. The first-order valence-corrected chi connectivity index (χ1v) is 9.78. The van der Waals surface area contributed by atoms with E-state index in [9.17, 15) is 4.79 Å². The van der Waals surface area contributed by atoms with Gasteiger partial charge in [0.15, 0.2) is 0 Å². The van der Waals surface area contributed by atoms with E-state index >= 15 is 0 Å². The second kappa shape index (κ2) is 9.08. The van der Waals surface area contributed by atoms with E-state index in [0.29, 0.717) is 11.5 Å². The monoisotopic (exact) mass is 390 g/mol. The fourth-order valence-electron chi connectivity index (χ4n) is 3.47. The Hall–Kier alpha value is -3.20. The number of fused-ring (bicyclic) bond motifs is 1. The molecule has 1 aliphatic rings. The van der Waals surface area contributed by atoms with Crippen LogP contribution in [0.4, 0.5) is 5.82 Å². The van der Waals surface area contributed by atoms with Crippen LogP contribution in [-0.4, -0.2) is 56.8 Å². The Bertz CT molecular complexity index is 1160. The third-order valence-electron chi connectivity index (χ3n) is 5.12. The number of aromatic carboxylic acids is 1. The number of benzene rings is 2. The van der Waals surface area contributed by atoms with Gasteiger partial charge >= 0.3 is 138 Å². The number of aromatic nitrogens is 3. The summed E-state index contributed by atoms with van der Waals surface area (Å²) < 4.78 is 1.04. The van der Waals surface area contributed by atoms with Gasteiger partial charge in [-0.2, -0.15) is 0 Å². The molecule has 1 N–H and O–H groups in total. The zero-order chi connectivity index (χ0) is 20.9. The minimum atomic E-state index is -0.879. The summed E-state index contributed by atoms with van der Waals surface area (Å²) >= 11 is 2.03. The van der Waals surface area contributed by atoms with E-state index in [0.717, 1.165) is 34.5 Å². The molecular weight excluding hydrogens is 371 g/mol. The molecular formula is C23H19LiN4O2. The number of para-hydroxylation sites is 1. The normalized spacial score (nSPS) is 13.3. The maximum absolute atomic E-state index is 10.2. The molecule has 0 amide bonds. The van der Waals surface area contributed by atoms with Crippen LogP contribution in [0.2, 0.25) is 0 Å². The van der Waals surface area contributed by atoms with Gasteiger partial charge in [0.25, 0.3) is 0 Å². The summed E-state index contributed by atoms with van der Waals surface area (Å²) in [5.41, 5.74) is 2.50. The van der Waals surface area contributed by atoms with Crippen LogP contribution in [0.5, 0.6) is 0 Å². The first-order chi connectivity index (χ1) is 14.6. The number of carboxylic acid groups (broad SMARTS) is 1. The van der Waals surface area contributed by atoms with Gasteiger partial charge in [0.05, 0.1) is 5.56 Å². The molecule has 0 atom stereocenters. The van der Waals surface area contributed by atoms with Crippen LogP contribution >= 0.6 is 0 Å². The molecule has 1 saturated heterocycles. The van der Waals surface area contributed by atoms with Crippen molar-refractivity contribution >= 4 is 44.8 Å². The molecule has 5 rings (SSSR count). The van der Waals surface area contributed by atoms with Crippen LogP contribution in [0.15, 0.2) is 79.1 Å². The summed E-state index contributed by atoms with van der Waals surface area (Å²) in [6, 6.07) is 20.8. The molecule has 2 aromatic heterocycles. The molecule has 4 aromatic rings. The summed E-state index contributed by atoms with van der Waals surface area (Å²) in [7, 11) is 0. The average molecular weight is 390 g/mol. The molecule has 0 saturated carbocycles. The van der Waals surface area contributed by atoms with Gasteiger partial charge in [-0.15, -0.1) is 0 Å². The maximum atomic E-state index is 10.2. The number of rotatable bonds is 3. The van der Waals surface area contributed by atoms with Crippen LogP contribution in [0.1, 0.15) is 22.0 Å². The number of carbonyl (C=O) groups is 1. The second-order valence-electron chi connectivity index (χ2n) is 7.16. The second-order valence-corrected chi connectivity index (χ2v) is 7.16. The van der Waals surface area contributed by atoms with Gasteiger partial charge in [-0.3, -0.25) is 0 Å². The molecule has 144 valence electrons. The van der Waals surface area contributed by atoms with Crippen molar-refractivity contribution in [1.82, 2.24) is 15.0 Å². The van der Waals surface area contributed by atoms with Crippen LogP contribution in [0, 0.1) is 0 Å². The number of hydrogen-bond donors (Lipinski definition) is 1. The molecule has 0 radical (unpaired) electrons. The Morgan fingerprint density at radius 3 is 2.33 bits per heavy atom. The van der Waals surface area contributed by atoms with Crippen molar-refractivity contribution in [2.75, 3.05) is 18.0 Å². The van der Waals surface area contributed by atoms with Crippen molar-refractivity contribution in [3.05, 3.63) is 90.4 Å².